The number of carbonyl (C=O) groups excluding carboxylic acids is 1. The van der Waals surface area contributed by atoms with E-state index in [2.05, 4.69) is 32.3 Å². The van der Waals surface area contributed by atoms with Crippen molar-refractivity contribution in [3.63, 3.8) is 0 Å². The largest absolute Gasteiger partial charge is 0.352 e. The van der Waals surface area contributed by atoms with Crippen molar-refractivity contribution in [1.29, 1.82) is 0 Å². The molecule has 2 aromatic rings. The molecule has 6 nitrogen and oxygen atoms in total. The van der Waals surface area contributed by atoms with E-state index < -0.39 is 0 Å². The molecule has 0 bridgehead atoms. The Balaban J connectivity index is 1.51. The zero-order chi connectivity index (χ0) is 17.2. The van der Waals surface area contributed by atoms with Crippen molar-refractivity contribution in [3.8, 4) is 0 Å². The molecule has 1 aromatic heterocycles. The van der Waals surface area contributed by atoms with Crippen LogP contribution in [0.2, 0.25) is 0 Å². The molecule has 0 saturated heterocycles. The van der Waals surface area contributed by atoms with Crippen LogP contribution in [0, 0.1) is 0 Å². The Morgan fingerprint density at radius 1 is 1.20 bits per heavy atom. The minimum atomic E-state index is -0.310. The van der Waals surface area contributed by atoms with E-state index in [0.717, 1.165) is 55.9 Å². The monoisotopic (exact) mass is 339 g/mol. The number of hydrogen-bond donors (Lipinski definition) is 2. The lowest BCUT2D eigenvalue weighted by Crippen LogP contribution is -2.46. The summed E-state index contributed by atoms with van der Waals surface area (Å²) >= 11 is 0. The first kappa shape index (κ1) is 16.3. The van der Waals surface area contributed by atoms with Crippen LogP contribution in [-0.2, 0) is 24.2 Å². The van der Waals surface area contributed by atoms with Crippen LogP contribution in [0.5, 0.6) is 0 Å². The van der Waals surface area contributed by atoms with Crippen molar-refractivity contribution < 1.29 is 4.79 Å². The van der Waals surface area contributed by atoms with Gasteiger partial charge in [0.15, 0.2) is 0 Å². The highest BCUT2D eigenvalue weighted by Crippen LogP contribution is 2.23. The lowest BCUT2D eigenvalue weighted by atomic mass is 10.0. The first-order valence-electron chi connectivity index (χ1n) is 9.27. The summed E-state index contributed by atoms with van der Waals surface area (Å²) in [4.78, 5) is 12.8. The van der Waals surface area contributed by atoms with Crippen LogP contribution in [0.4, 0.5) is 0 Å². The maximum Gasteiger partial charge on any atom is 0.241 e. The Labute approximate surface area is 148 Å². The van der Waals surface area contributed by atoms with Crippen molar-refractivity contribution in [1.82, 2.24) is 25.4 Å². The SMILES string of the molecule is CCc1nnc2n1C[C@H](N[C@H](C(=O)NC1CC1)c1ccccc1)CC2. The zero-order valence-corrected chi connectivity index (χ0v) is 14.6. The second-order valence-electron chi connectivity index (χ2n) is 7.03. The fourth-order valence-electron chi connectivity index (χ4n) is 3.50. The van der Waals surface area contributed by atoms with Crippen LogP contribution in [0.1, 0.15) is 49.4 Å². The van der Waals surface area contributed by atoms with Crippen LogP contribution in [0.15, 0.2) is 30.3 Å². The first-order chi connectivity index (χ1) is 12.2. The summed E-state index contributed by atoms with van der Waals surface area (Å²) < 4.78 is 2.21. The quantitative estimate of drug-likeness (QED) is 0.841. The van der Waals surface area contributed by atoms with Crippen molar-refractivity contribution >= 4 is 5.91 Å². The summed E-state index contributed by atoms with van der Waals surface area (Å²) in [5.41, 5.74) is 1.02. The van der Waals surface area contributed by atoms with Gasteiger partial charge in [0.1, 0.15) is 17.7 Å². The minimum absolute atomic E-state index is 0.0824. The number of aromatic nitrogens is 3. The van der Waals surface area contributed by atoms with Crippen molar-refractivity contribution in [2.75, 3.05) is 0 Å². The van der Waals surface area contributed by atoms with Gasteiger partial charge < -0.3 is 9.88 Å². The average Bonchev–Trinajstić information content (AvgIpc) is 3.36. The van der Waals surface area contributed by atoms with Gasteiger partial charge in [0, 0.05) is 31.5 Å². The summed E-state index contributed by atoms with van der Waals surface area (Å²) in [5.74, 6) is 2.17. The summed E-state index contributed by atoms with van der Waals surface area (Å²) in [5, 5.41) is 15.3. The number of carbonyl (C=O) groups is 1. The van der Waals surface area contributed by atoms with E-state index in [1.54, 1.807) is 0 Å². The summed E-state index contributed by atoms with van der Waals surface area (Å²) in [6.45, 7) is 2.93. The van der Waals surface area contributed by atoms with Gasteiger partial charge in [-0.05, 0) is 24.8 Å². The van der Waals surface area contributed by atoms with Crippen molar-refractivity contribution in [3.05, 3.63) is 47.5 Å². The van der Waals surface area contributed by atoms with Gasteiger partial charge in [-0.25, -0.2) is 0 Å². The molecule has 2 aliphatic rings. The number of nitrogens with one attached hydrogen (secondary N) is 2. The Hall–Kier alpha value is -2.21. The molecule has 0 unspecified atom stereocenters. The van der Waals surface area contributed by atoms with Crippen LogP contribution in [-0.4, -0.2) is 32.8 Å². The molecule has 6 heteroatoms. The lowest BCUT2D eigenvalue weighted by Gasteiger charge is -2.29. The van der Waals surface area contributed by atoms with Crippen LogP contribution >= 0.6 is 0 Å². The second kappa shape index (κ2) is 6.96. The van der Waals surface area contributed by atoms with Gasteiger partial charge in [0.25, 0.3) is 0 Å². The van der Waals surface area contributed by atoms with E-state index in [9.17, 15) is 4.79 Å². The number of benzene rings is 1. The summed E-state index contributed by atoms with van der Waals surface area (Å²) in [6.07, 6.45) is 4.95. The molecule has 1 aliphatic heterocycles. The molecule has 132 valence electrons. The molecule has 2 atom stereocenters. The Morgan fingerprint density at radius 2 is 2.00 bits per heavy atom. The van der Waals surface area contributed by atoms with E-state index in [1.807, 2.05) is 30.3 Å². The Kier molecular flexibility index (Phi) is 4.53. The molecule has 0 spiro atoms. The fourth-order valence-corrected chi connectivity index (χ4v) is 3.50. The number of fused-ring (bicyclic) bond motifs is 1. The predicted molar refractivity (Wildman–Crippen MR) is 95.0 cm³/mol. The van der Waals surface area contributed by atoms with E-state index >= 15 is 0 Å². The highest BCUT2D eigenvalue weighted by atomic mass is 16.2. The van der Waals surface area contributed by atoms with Crippen LogP contribution < -0.4 is 10.6 Å². The third-order valence-electron chi connectivity index (χ3n) is 5.06. The predicted octanol–water partition coefficient (Wildman–Crippen LogP) is 1.76. The molecule has 4 rings (SSSR count). The van der Waals surface area contributed by atoms with Gasteiger partial charge in [-0.15, -0.1) is 10.2 Å². The van der Waals surface area contributed by atoms with Crippen LogP contribution in [0.25, 0.3) is 0 Å². The van der Waals surface area contributed by atoms with Gasteiger partial charge in [-0.2, -0.15) is 0 Å². The third kappa shape index (κ3) is 3.58. The highest BCUT2D eigenvalue weighted by Gasteiger charge is 2.31. The molecule has 1 fully saturated rings. The average molecular weight is 339 g/mol. The maximum atomic E-state index is 12.8. The molecular weight excluding hydrogens is 314 g/mol. The summed E-state index contributed by atoms with van der Waals surface area (Å²) in [6, 6.07) is 10.3. The van der Waals surface area contributed by atoms with Crippen molar-refractivity contribution in [2.45, 2.75) is 63.7 Å². The van der Waals surface area contributed by atoms with Gasteiger partial charge >= 0.3 is 0 Å². The fraction of sp³-hybridized carbons (Fsp3) is 0.526. The Bertz CT molecular complexity index is 724. The first-order valence-corrected chi connectivity index (χ1v) is 9.27. The number of aryl methyl sites for hydroxylation is 2. The third-order valence-corrected chi connectivity index (χ3v) is 5.06. The summed E-state index contributed by atoms with van der Waals surface area (Å²) in [7, 11) is 0. The minimum Gasteiger partial charge on any atom is -0.352 e. The van der Waals surface area contributed by atoms with Gasteiger partial charge in [0.05, 0.1) is 0 Å². The molecule has 1 aromatic carbocycles. The molecule has 0 radical (unpaired) electrons. The van der Waals surface area contributed by atoms with E-state index in [-0.39, 0.29) is 18.0 Å². The smallest absolute Gasteiger partial charge is 0.241 e. The number of amides is 1. The lowest BCUT2D eigenvalue weighted by molar-refractivity contribution is -0.123. The molecule has 25 heavy (non-hydrogen) atoms. The topological polar surface area (TPSA) is 71.8 Å². The number of nitrogens with zero attached hydrogens (tertiary/aromatic N) is 3. The standard InChI is InChI=1S/C19H25N5O/c1-2-16-22-23-17-11-10-15(12-24(16)17)20-18(13-6-4-3-5-7-13)19(25)21-14-8-9-14/h3-7,14-15,18,20H,2,8-12H2,1H3,(H,21,25)/t15-,18+/m1/s1. The maximum absolute atomic E-state index is 12.8. The number of hydrogen-bond acceptors (Lipinski definition) is 4. The molecule has 1 aliphatic carbocycles. The normalized spacial score (nSPS) is 20.8. The van der Waals surface area contributed by atoms with Gasteiger partial charge in [-0.1, -0.05) is 37.3 Å². The number of rotatable bonds is 6. The zero-order valence-electron chi connectivity index (χ0n) is 14.6. The van der Waals surface area contributed by atoms with E-state index in [0.29, 0.717) is 6.04 Å². The van der Waals surface area contributed by atoms with Gasteiger partial charge in [0.2, 0.25) is 5.91 Å². The molecule has 1 amide bonds. The van der Waals surface area contributed by atoms with Crippen molar-refractivity contribution in [2.24, 2.45) is 0 Å². The molecule has 2 heterocycles. The van der Waals surface area contributed by atoms with E-state index in [1.165, 1.54) is 0 Å². The van der Waals surface area contributed by atoms with Gasteiger partial charge in [-0.3, -0.25) is 10.1 Å². The molecule has 2 N–H and O–H groups in total. The van der Waals surface area contributed by atoms with Crippen LogP contribution in [0.3, 0.4) is 0 Å². The molecule has 1 saturated carbocycles. The second-order valence-corrected chi connectivity index (χ2v) is 7.03. The van der Waals surface area contributed by atoms with E-state index in [4.69, 9.17) is 0 Å². The molecular formula is C19H25N5O. The highest BCUT2D eigenvalue weighted by molar-refractivity contribution is 5.83. The Morgan fingerprint density at radius 3 is 2.72 bits per heavy atom.